The van der Waals surface area contributed by atoms with Crippen LogP contribution >= 0.6 is 0 Å². The number of rotatable bonds is 16. The molecule has 0 atom stereocenters. The van der Waals surface area contributed by atoms with Gasteiger partial charge < -0.3 is 29.1 Å². The average molecular weight is 551 g/mol. The Kier molecular flexibility index (Phi) is 14.6. The zero-order valence-electron chi connectivity index (χ0n) is 23.9. The Hall–Kier alpha value is -2.20. The standard InChI is InChI=1S/C15H26N2O3.C14H24N2O3/c18-14-6-1-2-8-16(14)10-4-12-20-13-5-11-17-9-3-7-15(17)19;17-13-5-1-7-15(13)9-3-11-19-12-4-10-16-8-2-6-14(16)18/h1-13H2;1-12H2. The van der Waals surface area contributed by atoms with Crippen LogP contribution in [0.5, 0.6) is 0 Å². The van der Waals surface area contributed by atoms with E-state index in [1.165, 1.54) is 0 Å². The van der Waals surface area contributed by atoms with E-state index in [9.17, 15) is 19.2 Å². The first-order chi connectivity index (χ1) is 19.0. The van der Waals surface area contributed by atoms with E-state index in [2.05, 4.69) is 0 Å². The van der Waals surface area contributed by atoms with Crippen LogP contribution < -0.4 is 0 Å². The molecule has 4 rings (SSSR count). The summed E-state index contributed by atoms with van der Waals surface area (Å²) in [5.74, 6) is 1.15. The Morgan fingerprint density at radius 2 is 0.692 bits per heavy atom. The molecule has 4 amide bonds. The highest BCUT2D eigenvalue weighted by Gasteiger charge is 2.21. The van der Waals surface area contributed by atoms with Crippen LogP contribution in [-0.4, -0.2) is 122 Å². The van der Waals surface area contributed by atoms with Gasteiger partial charge in [-0.15, -0.1) is 0 Å². The smallest absolute Gasteiger partial charge is 0.222 e. The van der Waals surface area contributed by atoms with Gasteiger partial charge in [0.15, 0.2) is 0 Å². The summed E-state index contributed by atoms with van der Waals surface area (Å²) in [6.07, 6.45) is 11.7. The highest BCUT2D eigenvalue weighted by Crippen LogP contribution is 2.12. The van der Waals surface area contributed by atoms with E-state index in [1.54, 1.807) is 0 Å². The molecule has 10 heteroatoms. The van der Waals surface area contributed by atoms with Crippen molar-refractivity contribution in [3.05, 3.63) is 0 Å². The second kappa shape index (κ2) is 18.2. The van der Waals surface area contributed by atoms with E-state index in [1.807, 2.05) is 19.6 Å². The number of carbonyl (C=O) groups excluding carboxylic acids is 4. The van der Waals surface area contributed by atoms with Gasteiger partial charge >= 0.3 is 0 Å². The molecule has 4 aliphatic rings. The van der Waals surface area contributed by atoms with Crippen molar-refractivity contribution in [3.8, 4) is 0 Å². The highest BCUT2D eigenvalue weighted by molar-refractivity contribution is 5.79. The number of nitrogens with zero attached hydrogens (tertiary/aromatic N) is 4. The Morgan fingerprint density at radius 3 is 0.974 bits per heavy atom. The molecule has 10 nitrogen and oxygen atoms in total. The number of likely N-dealkylation sites (tertiary alicyclic amines) is 4. The minimum atomic E-state index is 0.285. The number of ether oxygens (including phenoxy) is 2. The van der Waals surface area contributed by atoms with Crippen LogP contribution in [0.15, 0.2) is 0 Å². The van der Waals surface area contributed by atoms with Crippen LogP contribution in [0, 0.1) is 0 Å². The van der Waals surface area contributed by atoms with Crippen LogP contribution in [0.4, 0.5) is 0 Å². The third-order valence-corrected chi connectivity index (χ3v) is 7.80. The molecule has 4 heterocycles. The second-order valence-corrected chi connectivity index (χ2v) is 10.9. The number of carbonyl (C=O) groups is 4. The molecule has 0 bridgehead atoms. The molecule has 4 aliphatic heterocycles. The van der Waals surface area contributed by atoms with Crippen LogP contribution in [0.25, 0.3) is 0 Å². The van der Waals surface area contributed by atoms with Crippen molar-refractivity contribution >= 4 is 23.6 Å². The fraction of sp³-hybridized carbons (Fsp3) is 0.862. The summed E-state index contributed by atoms with van der Waals surface area (Å²) in [6.45, 7) is 9.77. The molecular weight excluding hydrogens is 500 g/mol. The van der Waals surface area contributed by atoms with Crippen molar-refractivity contribution in [2.24, 2.45) is 0 Å². The monoisotopic (exact) mass is 550 g/mol. The molecule has 4 fully saturated rings. The van der Waals surface area contributed by atoms with Gasteiger partial charge in [-0.05, 0) is 57.8 Å². The quantitative estimate of drug-likeness (QED) is 0.274. The maximum Gasteiger partial charge on any atom is 0.222 e. The minimum Gasteiger partial charge on any atom is -0.381 e. The van der Waals surface area contributed by atoms with Gasteiger partial charge in [0, 0.05) is 104 Å². The number of hydrogen-bond acceptors (Lipinski definition) is 6. The van der Waals surface area contributed by atoms with Gasteiger partial charge in [0.25, 0.3) is 0 Å². The summed E-state index contributed by atoms with van der Waals surface area (Å²) in [6, 6.07) is 0. The fourth-order valence-electron chi connectivity index (χ4n) is 5.55. The Bertz CT molecular complexity index is 749. The average Bonchev–Trinajstić information content (AvgIpc) is 3.66. The van der Waals surface area contributed by atoms with Crippen LogP contribution in [0.1, 0.15) is 83.5 Å². The first kappa shape index (κ1) is 31.3. The van der Waals surface area contributed by atoms with Crippen molar-refractivity contribution in [3.63, 3.8) is 0 Å². The van der Waals surface area contributed by atoms with E-state index in [4.69, 9.17) is 9.47 Å². The zero-order chi connectivity index (χ0) is 27.7. The summed E-state index contributed by atoms with van der Waals surface area (Å²) in [7, 11) is 0. The molecule has 0 saturated carbocycles. The lowest BCUT2D eigenvalue weighted by Crippen LogP contribution is -2.36. The topological polar surface area (TPSA) is 99.7 Å². The number of amides is 4. The lowest BCUT2D eigenvalue weighted by molar-refractivity contribution is -0.133. The molecule has 0 unspecified atom stereocenters. The van der Waals surface area contributed by atoms with E-state index < -0.39 is 0 Å². The highest BCUT2D eigenvalue weighted by atomic mass is 16.5. The molecule has 0 spiro atoms. The summed E-state index contributed by atoms with van der Waals surface area (Å²) < 4.78 is 11.1. The van der Waals surface area contributed by atoms with Crippen molar-refractivity contribution < 1.29 is 28.7 Å². The predicted molar refractivity (Wildman–Crippen MR) is 148 cm³/mol. The number of hydrogen-bond donors (Lipinski definition) is 0. The van der Waals surface area contributed by atoms with Gasteiger partial charge in [0.2, 0.25) is 23.6 Å². The first-order valence-corrected chi connectivity index (χ1v) is 15.3. The Morgan fingerprint density at radius 1 is 0.410 bits per heavy atom. The van der Waals surface area contributed by atoms with E-state index >= 15 is 0 Å². The maximum absolute atomic E-state index is 11.6. The molecule has 39 heavy (non-hydrogen) atoms. The van der Waals surface area contributed by atoms with E-state index in [-0.39, 0.29) is 17.7 Å². The van der Waals surface area contributed by atoms with Gasteiger partial charge in [0.05, 0.1) is 0 Å². The SMILES string of the molecule is O=C1CCCCN1CCCOCCCN1CCCC1=O.O=C1CCCN1CCCOCCCN1CCCC1=O. The molecule has 4 saturated heterocycles. The van der Waals surface area contributed by atoms with Crippen LogP contribution in [-0.2, 0) is 28.7 Å². The van der Waals surface area contributed by atoms with Gasteiger partial charge in [0.1, 0.15) is 0 Å². The third-order valence-electron chi connectivity index (χ3n) is 7.80. The van der Waals surface area contributed by atoms with Crippen molar-refractivity contribution in [1.29, 1.82) is 0 Å². The molecule has 0 aromatic carbocycles. The molecule has 222 valence electrons. The van der Waals surface area contributed by atoms with E-state index in [0.29, 0.717) is 58.0 Å². The van der Waals surface area contributed by atoms with Gasteiger partial charge in [-0.25, -0.2) is 0 Å². The molecule has 0 radical (unpaired) electrons. The molecule has 0 aromatic heterocycles. The minimum absolute atomic E-state index is 0.285. The summed E-state index contributed by atoms with van der Waals surface area (Å²) >= 11 is 0. The molecule has 0 N–H and O–H groups in total. The predicted octanol–water partition coefficient (Wildman–Crippen LogP) is 2.45. The Labute approximate surface area is 234 Å². The zero-order valence-corrected chi connectivity index (χ0v) is 23.9. The lowest BCUT2D eigenvalue weighted by Gasteiger charge is -2.26. The van der Waals surface area contributed by atoms with Crippen molar-refractivity contribution in [1.82, 2.24) is 19.6 Å². The summed E-state index contributed by atoms with van der Waals surface area (Å²) in [5.41, 5.74) is 0. The molecular formula is C29H50N4O6. The summed E-state index contributed by atoms with van der Waals surface area (Å²) in [5, 5.41) is 0. The van der Waals surface area contributed by atoms with Gasteiger partial charge in [-0.1, -0.05) is 0 Å². The number of piperidine rings is 1. The third kappa shape index (κ3) is 11.8. The first-order valence-electron chi connectivity index (χ1n) is 15.3. The van der Waals surface area contributed by atoms with Crippen molar-refractivity contribution in [2.45, 2.75) is 83.5 Å². The largest absolute Gasteiger partial charge is 0.381 e. The normalized spacial score (nSPS) is 19.9. The lowest BCUT2D eigenvalue weighted by atomic mass is 10.1. The van der Waals surface area contributed by atoms with Crippen LogP contribution in [0.2, 0.25) is 0 Å². The van der Waals surface area contributed by atoms with Gasteiger partial charge in [-0.3, -0.25) is 19.2 Å². The summed E-state index contributed by atoms with van der Waals surface area (Å²) in [4.78, 5) is 53.4. The van der Waals surface area contributed by atoms with Gasteiger partial charge in [-0.2, -0.15) is 0 Å². The second-order valence-electron chi connectivity index (χ2n) is 10.9. The van der Waals surface area contributed by atoms with Crippen molar-refractivity contribution in [2.75, 3.05) is 78.8 Å². The maximum atomic E-state index is 11.6. The molecule has 0 aromatic rings. The molecule has 0 aliphatic carbocycles. The van der Waals surface area contributed by atoms with E-state index in [0.717, 1.165) is 110 Å². The fourth-order valence-corrected chi connectivity index (χ4v) is 5.55. The van der Waals surface area contributed by atoms with Crippen LogP contribution in [0.3, 0.4) is 0 Å². The Balaban J connectivity index is 0.000000216.